The van der Waals surface area contributed by atoms with Crippen LogP contribution in [0.25, 0.3) is 0 Å². The van der Waals surface area contributed by atoms with E-state index in [4.69, 9.17) is 9.47 Å². The van der Waals surface area contributed by atoms with Crippen molar-refractivity contribution in [3.8, 4) is 11.5 Å². The predicted octanol–water partition coefficient (Wildman–Crippen LogP) is 4.87. The molecule has 2 aliphatic carbocycles. The summed E-state index contributed by atoms with van der Waals surface area (Å²) in [4.78, 5) is 23.4. The maximum absolute atomic E-state index is 11.7. The summed E-state index contributed by atoms with van der Waals surface area (Å²) >= 11 is 0. The Kier molecular flexibility index (Phi) is 5.21. The van der Waals surface area contributed by atoms with Gasteiger partial charge in [0.05, 0.1) is 25.3 Å². The second kappa shape index (κ2) is 7.78. The molecular weight excluding hydrogens is 352 g/mol. The normalized spacial score (nSPS) is 20.6. The van der Waals surface area contributed by atoms with Gasteiger partial charge in [-0.2, -0.15) is 0 Å². The first-order chi connectivity index (χ1) is 13.7. The van der Waals surface area contributed by atoms with E-state index < -0.39 is 0 Å². The van der Waals surface area contributed by atoms with Gasteiger partial charge in [0.25, 0.3) is 0 Å². The van der Waals surface area contributed by atoms with E-state index in [1.165, 1.54) is 11.1 Å². The first kappa shape index (κ1) is 18.7. The molecule has 2 aliphatic rings. The zero-order chi connectivity index (χ0) is 19.7. The molecule has 0 heterocycles. The molecule has 0 amide bonds. The van der Waals surface area contributed by atoms with E-state index >= 15 is 0 Å². The van der Waals surface area contributed by atoms with Gasteiger partial charge in [0.15, 0.2) is 12.6 Å². The molecule has 0 saturated heterocycles. The molecule has 4 rings (SSSR count). The predicted molar refractivity (Wildman–Crippen MR) is 108 cm³/mol. The molecule has 2 aromatic rings. The third kappa shape index (κ3) is 3.11. The maximum atomic E-state index is 11.7. The van der Waals surface area contributed by atoms with Crippen LogP contribution in [0.1, 0.15) is 80.5 Å². The molecule has 2 unspecified atom stereocenters. The Labute approximate surface area is 165 Å². The Balaban J connectivity index is 1.90. The number of hydrogen-bond donors (Lipinski definition) is 0. The standard InChI is InChI=1S/C24H26O4/c1-27-23-17(13-25)9-15-5-3-4-6-16-10-18(14-26)24(28-2)22(12-16)20-8-7-19(20)21(23)11-15/h9-14,19-20H,3-8H2,1-2H3. The highest BCUT2D eigenvalue weighted by Crippen LogP contribution is 2.54. The third-order valence-corrected chi connectivity index (χ3v) is 6.33. The summed E-state index contributed by atoms with van der Waals surface area (Å²) in [7, 11) is 3.27. The molecule has 28 heavy (non-hydrogen) atoms. The van der Waals surface area contributed by atoms with Gasteiger partial charge in [-0.05, 0) is 84.7 Å². The molecule has 0 spiro atoms. The molecule has 2 aromatic carbocycles. The summed E-state index contributed by atoms with van der Waals surface area (Å²) in [5.74, 6) is 1.90. The highest BCUT2D eigenvalue weighted by Gasteiger charge is 2.38. The number of hydrogen-bond acceptors (Lipinski definition) is 4. The molecule has 0 aromatic heterocycles. The Hall–Kier alpha value is -2.62. The van der Waals surface area contributed by atoms with Crippen molar-refractivity contribution in [3.63, 3.8) is 0 Å². The lowest BCUT2D eigenvalue weighted by atomic mass is 9.65. The first-order valence-corrected chi connectivity index (χ1v) is 10.0. The molecular formula is C24H26O4. The van der Waals surface area contributed by atoms with E-state index in [1.807, 2.05) is 12.1 Å². The van der Waals surface area contributed by atoms with Crippen molar-refractivity contribution in [2.24, 2.45) is 0 Å². The maximum Gasteiger partial charge on any atom is 0.153 e. The van der Waals surface area contributed by atoms with Crippen molar-refractivity contribution >= 4 is 12.6 Å². The minimum absolute atomic E-state index is 0.261. The number of rotatable bonds is 4. The van der Waals surface area contributed by atoms with Gasteiger partial charge in [0, 0.05) is 0 Å². The molecule has 2 atom stereocenters. The van der Waals surface area contributed by atoms with Crippen LogP contribution < -0.4 is 9.47 Å². The lowest BCUT2D eigenvalue weighted by Gasteiger charge is -2.39. The highest BCUT2D eigenvalue weighted by atomic mass is 16.5. The van der Waals surface area contributed by atoms with E-state index in [0.29, 0.717) is 22.6 Å². The van der Waals surface area contributed by atoms with Gasteiger partial charge in [-0.15, -0.1) is 0 Å². The summed E-state index contributed by atoms with van der Waals surface area (Å²) in [5, 5.41) is 0. The number of aryl methyl sites for hydroxylation is 2. The Morgan fingerprint density at radius 3 is 1.50 bits per heavy atom. The second-order valence-electron chi connectivity index (χ2n) is 7.85. The average Bonchev–Trinajstić information content (AvgIpc) is 2.69. The molecule has 1 saturated carbocycles. The summed E-state index contributed by atoms with van der Waals surface area (Å²) in [6.45, 7) is 0. The number of benzene rings is 2. The molecule has 4 bridgehead atoms. The van der Waals surface area contributed by atoms with E-state index in [0.717, 1.165) is 62.2 Å². The van der Waals surface area contributed by atoms with Crippen molar-refractivity contribution in [3.05, 3.63) is 57.6 Å². The topological polar surface area (TPSA) is 52.6 Å². The van der Waals surface area contributed by atoms with Crippen LogP contribution in [0.4, 0.5) is 0 Å². The van der Waals surface area contributed by atoms with Crippen LogP contribution in [0.2, 0.25) is 0 Å². The van der Waals surface area contributed by atoms with Gasteiger partial charge in [0.1, 0.15) is 11.5 Å². The molecule has 1 fully saturated rings. The smallest absolute Gasteiger partial charge is 0.153 e. The van der Waals surface area contributed by atoms with Crippen molar-refractivity contribution in [1.29, 1.82) is 0 Å². The van der Waals surface area contributed by atoms with E-state index in [1.54, 1.807) is 14.2 Å². The number of aldehydes is 2. The van der Waals surface area contributed by atoms with Gasteiger partial charge in [0.2, 0.25) is 0 Å². The molecule has 0 aliphatic heterocycles. The largest absolute Gasteiger partial charge is 0.496 e. The minimum atomic E-state index is 0.261. The SMILES string of the molecule is COc1c(C=O)cc2cc1C1CCC1c1cc(cc(C=O)c1OC)CCCC2. The summed E-state index contributed by atoms with van der Waals surface area (Å²) in [6.07, 6.45) is 7.83. The fraction of sp³-hybridized carbons (Fsp3) is 0.417. The fourth-order valence-electron chi connectivity index (χ4n) is 4.87. The lowest BCUT2D eigenvalue weighted by molar-refractivity contribution is 0.111. The van der Waals surface area contributed by atoms with Crippen LogP contribution >= 0.6 is 0 Å². The van der Waals surface area contributed by atoms with Crippen molar-refractivity contribution in [2.75, 3.05) is 14.2 Å². The van der Waals surface area contributed by atoms with Crippen LogP contribution in [-0.2, 0) is 12.8 Å². The Morgan fingerprint density at radius 1 is 0.750 bits per heavy atom. The Morgan fingerprint density at radius 2 is 1.18 bits per heavy atom. The van der Waals surface area contributed by atoms with E-state index in [2.05, 4.69) is 12.1 Å². The van der Waals surface area contributed by atoms with Gasteiger partial charge in [-0.25, -0.2) is 0 Å². The third-order valence-electron chi connectivity index (χ3n) is 6.33. The number of carbonyl (C=O) groups excluding carboxylic acids is 2. The fourth-order valence-corrected chi connectivity index (χ4v) is 4.87. The zero-order valence-electron chi connectivity index (χ0n) is 16.5. The number of ether oxygens (including phenoxy) is 2. The average molecular weight is 378 g/mol. The number of methoxy groups -OCH3 is 2. The number of fused-ring (bicyclic) bond motifs is 7. The summed E-state index contributed by atoms with van der Waals surface area (Å²) in [6, 6.07) is 8.39. The van der Waals surface area contributed by atoms with Crippen LogP contribution in [0.15, 0.2) is 24.3 Å². The zero-order valence-corrected chi connectivity index (χ0v) is 16.5. The molecule has 146 valence electrons. The summed E-state index contributed by atoms with van der Waals surface area (Å²) in [5.41, 5.74) is 5.89. The van der Waals surface area contributed by atoms with E-state index in [-0.39, 0.29) is 11.8 Å². The van der Waals surface area contributed by atoms with Gasteiger partial charge >= 0.3 is 0 Å². The van der Waals surface area contributed by atoms with Gasteiger partial charge < -0.3 is 9.47 Å². The van der Waals surface area contributed by atoms with Crippen molar-refractivity contribution < 1.29 is 19.1 Å². The van der Waals surface area contributed by atoms with Crippen LogP contribution in [0.5, 0.6) is 11.5 Å². The molecule has 0 radical (unpaired) electrons. The molecule has 0 N–H and O–H groups in total. The van der Waals surface area contributed by atoms with Crippen molar-refractivity contribution in [2.45, 2.75) is 50.4 Å². The molecule has 4 heteroatoms. The van der Waals surface area contributed by atoms with Crippen molar-refractivity contribution in [1.82, 2.24) is 0 Å². The van der Waals surface area contributed by atoms with Gasteiger partial charge in [-0.3, -0.25) is 9.59 Å². The molecule has 4 nitrogen and oxygen atoms in total. The lowest BCUT2D eigenvalue weighted by Crippen LogP contribution is -2.24. The quantitative estimate of drug-likeness (QED) is 0.713. The summed E-state index contributed by atoms with van der Waals surface area (Å²) < 4.78 is 11.3. The van der Waals surface area contributed by atoms with Crippen LogP contribution in [0.3, 0.4) is 0 Å². The van der Waals surface area contributed by atoms with E-state index in [9.17, 15) is 9.59 Å². The second-order valence-corrected chi connectivity index (χ2v) is 7.85. The van der Waals surface area contributed by atoms with Crippen LogP contribution in [0, 0.1) is 0 Å². The van der Waals surface area contributed by atoms with Crippen LogP contribution in [-0.4, -0.2) is 26.8 Å². The highest BCUT2D eigenvalue weighted by molar-refractivity contribution is 5.82. The van der Waals surface area contributed by atoms with Gasteiger partial charge in [-0.1, -0.05) is 12.1 Å². The minimum Gasteiger partial charge on any atom is -0.496 e. The number of carbonyl (C=O) groups is 2. The monoisotopic (exact) mass is 378 g/mol. The Bertz CT molecular complexity index is 840. The first-order valence-electron chi connectivity index (χ1n) is 10.0.